The number of hydrogen-bond acceptors (Lipinski definition) is 3. The van der Waals surface area contributed by atoms with Crippen molar-refractivity contribution >= 4 is 11.5 Å². The number of anilines is 2. The van der Waals surface area contributed by atoms with Gasteiger partial charge < -0.3 is 10.2 Å². The zero-order chi connectivity index (χ0) is 13.8. The fraction of sp³-hybridized carbons (Fsp3) is 0.312. The van der Waals surface area contributed by atoms with Crippen LogP contribution in [0.2, 0.25) is 0 Å². The monoisotopic (exact) mass is 255 g/mol. The molecule has 100 valence electrons. The zero-order valence-electron chi connectivity index (χ0n) is 12.1. The van der Waals surface area contributed by atoms with E-state index in [1.54, 1.807) is 0 Å². The summed E-state index contributed by atoms with van der Waals surface area (Å²) in [5.41, 5.74) is 4.74. The van der Waals surface area contributed by atoms with Gasteiger partial charge in [0, 0.05) is 25.0 Å². The number of pyridine rings is 1. The topological polar surface area (TPSA) is 28.2 Å². The van der Waals surface area contributed by atoms with Crippen LogP contribution >= 0.6 is 0 Å². The van der Waals surface area contributed by atoms with Gasteiger partial charge in [-0.05, 0) is 44.7 Å². The van der Waals surface area contributed by atoms with Gasteiger partial charge in [-0.1, -0.05) is 23.8 Å². The van der Waals surface area contributed by atoms with E-state index in [9.17, 15) is 0 Å². The Morgan fingerprint density at radius 1 is 1.05 bits per heavy atom. The van der Waals surface area contributed by atoms with Crippen molar-refractivity contribution < 1.29 is 0 Å². The van der Waals surface area contributed by atoms with Crippen molar-refractivity contribution in [2.24, 2.45) is 0 Å². The Hall–Kier alpha value is -1.87. The van der Waals surface area contributed by atoms with E-state index >= 15 is 0 Å². The Kier molecular flexibility index (Phi) is 4.17. The van der Waals surface area contributed by atoms with Gasteiger partial charge in [0.05, 0.1) is 0 Å². The molecule has 0 fully saturated rings. The molecule has 3 nitrogen and oxygen atoms in total. The SMILES string of the molecule is CNCc1ccc(N(C)c2ccc(C)cc2)nc1C. The first-order valence-electron chi connectivity index (χ1n) is 6.53. The summed E-state index contributed by atoms with van der Waals surface area (Å²) >= 11 is 0. The number of nitrogens with zero attached hydrogens (tertiary/aromatic N) is 2. The molecule has 0 amide bonds. The van der Waals surface area contributed by atoms with Crippen LogP contribution in [0.15, 0.2) is 36.4 Å². The highest BCUT2D eigenvalue weighted by Crippen LogP contribution is 2.23. The molecule has 0 radical (unpaired) electrons. The van der Waals surface area contributed by atoms with Crippen LogP contribution < -0.4 is 10.2 Å². The highest BCUT2D eigenvalue weighted by Gasteiger charge is 2.07. The number of benzene rings is 1. The van der Waals surface area contributed by atoms with Crippen LogP contribution in [0.4, 0.5) is 11.5 Å². The van der Waals surface area contributed by atoms with Gasteiger partial charge in [-0.15, -0.1) is 0 Å². The maximum atomic E-state index is 4.68. The second kappa shape index (κ2) is 5.85. The summed E-state index contributed by atoms with van der Waals surface area (Å²) in [5, 5.41) is 3.16. The van der Waals surface area contributed by atoms with Crippen molar-refractivity contribution in [2.45, 2.75) is 20.4 Å². The van der Waals surface area contributed by atoms with Crippen molar-refractivity contribution in [3.05, 3.63) is 53.2 Å². The van der Waals surface area contributed by atoms with E-state index in [1.807, 2.05) is 14.1 Å². The molecule has 19 heavy (non-hydrogen) atoms. The van der Waals surface area contributed by atoms with Gasteiger partial charge in [-0.3, -0.25) is 0 Å². The molecule has 0 aliphatic rings. The number of hydrogen-bond donors (Lipinski definition) is 1. The van der Waals surface area contributed by atoms with Crippen LogP contribution in [0.5, 0.6) is 0 Å². The summed E-state index contributed by atoms with van der Waals surface area (Å²) in [7, 11) is 4.00. The Morgan fingerprint density at radius 2 is 1.74 bits per heavy atom. The molecule has 0 bridgehead atoms. The molecule has 3 heteroatoms. The van der Waals surface area contributed by atoms with E-state index < -0.39 is 0 Å². The molecule has 1 N–H and O–H groups in total. The predicted molar refractivity (Wildman–Crippen MR) is 81.0 cm³/mol. The highest BCUT2D eigenvalue weighted by atomic mass is 15.2. The van der Waals surface area contributed by atoms with Crippen molar-refractivity contribution in [1.82, 2.24) is 10.3 Å². The first-order valence-corrected chi connectivity index (χ1v) is 6.53. The van der Waals surface area contributed by atoms with Gasteiger partial charge in [0.25, 0.3) is 0 Å². The van der Waals surface area contributed by atoms with Crippen molar-refractivity contribution in [3.8, 4) is 0 Å². The predicted octanol–water partition coefficient (Wildman–Crippen LogP) is 3.19. The second-order valence-corrected chi connectivity index (χ2v) is 4.84. The van der Waals surface area contributed by atoms with Crippen molar-refractivity contribution in [2.75, 3.05) is 19.0 Å². The highest BCUT2D eigenvalue weighted by molar-refractivity contribution is 5.59. The minimum Gasteiger partial charge on any atom is -0.329 e. The lowest BCUT2D eigenvalue weighted by Gasteiger charge is -2.19. The molecule has 0 aliphatic heterocycles. The molecule has 1 aromatic heterocycles. The van der Waals surface area contributed by atoms with Crippen LogP contribution in [-0.4, -0.2) is 19.1 Å². The first kappa shape index (κ1) is 13.6. The molecule has 0 saturated carbocycles. The van der Waals surface area contributed by atoms with E-state index in [0.29, 0.717) is 0 Å². The van der Waals surface area contributed by atoms with Crippen LogP contribution in [0.25, 0.3) is 0 Å². The van der Waals surface area contributed by atoms with Crippen LogP contribution in [0, 0.1) is 13.8 Å². The van der Waals surface area contributed by atoms with Crippen LogP contribution in [-0.2, 0) is 6.54 Å². The molecule has 0 aliphatic carbocycles. The summed E-state index contributed by atoms with van der Waals surface area (Å²) in [5.74, 6) is 0.973. The summed E-state index contributed by atoms with van der Waals surface area (Å²) < 4.78 is 0. The fourth-order valence-electron chi connectivity index (χ4n) is 2.04. The molecule has 0 unspecified atom stereocenters. The molecule has 2 rings (SSSR count). The van der Waals surface area contributed by atoms with Gasteiger partial charge >= 0.3 is 0 Å². The molecule has 0 atom stereocenters. The summed E-state index contributed by atoms with van der Waals surface area (Å²) in [4.78, 5) is 6.78. The number of aromatic nitrogens is 1. The van der Waals surface area contributed by atoms with E-state index in [2.05, 4.69) is 65.4 Å². The minimum absolute atomic E-state index is 0.855. The summed E-state index contributed by atoms with van der Waals surface area (Å²) in [6.07, 6.45) is 0. The number of aryl methyl sites for hydroxylation is 2. The third-order valence-corrected chi connectivity index (χ3v) is 3.31. The van der Waals surface area contributed by atoms with Crippen molar-refractivity contribution in [3.63, 3.8) is 0 Å². The lowest BCUT2D eigenvalue weighted by molar-refractivity contribution is 0.804. The van der Waals surface area contributed by atoms with Crippen molar-refractivity contribution in [1.29, 1.82) is 0 Å². The normalized spacial score (nSPS) is 10.5. The van der Waals surface area contributed by atoms with Gasteiger partial charge in [0.15, 0.2) is 0 Å². The average molecular weight is 255 g/mol. The maximum absolute atomic E-state index is 4.68. The van der Waals surface area contributed by atoms with Gasteiger partial charge in [-0.2, -0.15) is 0 Å². The van der Waals surface area contributed by atoms with E-state index in [-0.39, 0.29) is 0 Å². The van der Waals surface area contributed by atoms with E-state index in [0.717, 1.165) is 23.7 Å². The molecule has 2 aromatic rings. The van der Waals surface area contributed by atoms with E-state index in [4.69, 9.17) is 0 Å². The lowest BCUT2D eigenvalue weighted by Crippen LogP contribution is -2.13. The van der Waals surface area contributed by atoms with Crippen LogP contribution in [0.1, 0.15) is 16.8 Å². The third-order valence-electron chi connectivity index (χ3n) is 3.31. The fourth-order valence-corrected chi connectivity index (χ4v) is 2.04. The Bertz CT molecular complexity index is 546. The smallest absolute Gasteiger partial charge is 0.132 e. The lowest BCUT2D eigenvalue weighted by atomic mass is 10.2. The molecule has 0 saturated heterocycles. The molecule has 1 heterocycles. The standard InChI is InChI=1S/C16H21N3/c1-12-5-8-15(9-6-12)19(4)16-10-7-14(11-17-3)13(2)18-16/h5-10,17H,11H2,1-4H3. The molecular formula is C16H21N3. The van der Waals surface area contributed by atoms with Gasteiger partial charge in [0.2, 0.25) is 0 Å². The molecule has 1 aromatic carbocycles. The van der Waals surface area contributed by atoms with Gasteiger partial charge in [0.1, 0.15) is 5.82 Å². The molecular weight excluding hydrogens is 234 g/mol. The minimum atomic E-state index is 0.855. The van der Waals surface area contributed by atoms with Crippen LogP contribution in [0.3, 0.4) is 0 Å². The zero-order valence-corrected chi connectivity index (χ0v) is 12.1. The number of rotatable bonds is 4. The number of nitrogens with one attached hydrogen (secondary N) is 1. The maximum Gasteiger partial charge on any atom is 0.132 e. The first-order chi connectivity index (χ1) is 9.11. The Labute approximate surface area is 115 Å². The molecule has 0 spiro atoms. The largest absolute Gasteiger partial charge is 0.329 e. The van der Waals surface area contributed by atoms with E-state index in [1.165, 1.54) is 11.1 Å². The average Bonchev–Trinajstić information content (AvgIpc) is 2.41. The van der Waals surface area contributed by atoms with Gasteiger partial charge in [-0.25, -0.2) is 4.98 Å². The second-order valence-electron chi connectivity index (χ2n) is 4.84. The quantitative estimate of drug-likeness (QED) is 0.909. The Balaban J connectivity index is 2.26. The Morgan fingerprint density at radius 3 is 2.32 bits per heavy atom. The summed E-state index contributed by atoms with van der Waals surface area (Å²) in [6.45, 7) is 5.01. The summed E-state index contributed by atoms with van der Waals surface area (Å²) in [6, 6.07) is 12.7. The third kappa shape index (κ3) is 3.12.